The van der Waals surface area contributed by atoms with Gasteiger partial charge < -0.3 is 4.74 Å². The van der Waals surface area contributed by atoms with Gasteiger partial charge >= 0.3 is 5.97 Å². The molecule has 0 aromatic carbocycles. The van der Waals surface area contributed by atoms with E-state index in [9.17, 15) is 9.59 Å². The number of carbonyl (C=O) groups excluding carboxylic acids is 2. The predicted molar refractivity (Wildman–Crippen MR) is 55.1 cm³/mol. The van der Waals surface area contributed by atoms with Crippen LogP contribution >= 0.6 is 0 Å². The van der Waals surface area contributed by atoms with E-state index in [0.29, 0.717) is 12.5 Å². The highest BCUT2D eigenvalue weighted by Gasteiger charge is 2.43. The van der Waals surface area contributed by atoms with E-state index in [4.69, 9.17) is 4.74 Å². The molecule has 0 bridgehead atoms. The molecule has 0 saturated heterocycles. The molecule has 0 amide bonds. The van der Waals surface area contributed by atoms with E-state index in [2.05, 4.69) is 0 Å². The highest BCUT2D eigenvalue weighted by Crippen LogP contribution is 2.41. The third-order valence-corrected chi connectivity index (χ3v) is 3.41. The smallest absolute Gasteiger partial charge is 0.317 e. The van der Waals surface area contributed by atoms with Crippen molar-refractivity contribution in [1.82, 2.24) is 0 Å². The zero-order valence-corrected chi connectivity index (χ0v) is 8.94. The molecule has 0 radical (unpaired) electrons. The first-order valence-corrected chi connectivity index (χ1v) is 5.62. The van der Waals surface area contributed by atoms with Crippen LogP contribution in [0.4, 0.5) is 0 Å². The summed E-state index contributed by atoms with van der Waals surface area (Å²) in [6.45, 7) is 2.12. The first kappa shape index (κ1) is 10.4. The fourth-order valence-corrected chi connectivity index (χ4v) is 2.73. The fraction of sp³-hybridized carbons (Fsp3) is 0.667. The van der Waals surface area contributed by atoms with Crippen LogP contribution in [0.25, 0.3) is 0 Å². The molecule has 2 aliphatic rings. The summed E-state index contributed by atoms with van der Waals surface area (Å²) in [5.41, 5.74) is 0. The molecule has 0 heterocycles. The van der Waals surface area contributed by atoms with Gasteiger partial charge in [-0.05, 0) is 37.7 Å². The molecule has 0 N–H and O–H groups in total. The van der Waals surface area contributed by atoms with Crippen LogP contribution in [0.15, 0.2) is 12.2 Å². The maximum atomic E-state index is 11.7. The molecular weight excluding hydrogens is 192 g/mol. The Hall–Kier alpha value is -1.12. The van der Waals surface area contributed by atoms with Crippen molar-refractivity contribution < 1.29 is 14.3 Å². The summed E-state index contributed by atoms with van der Waals surface area (Å²) in [5, 5.41) is 0. The van der Waals surface area contributed by atoms with Gasteiger partial charge in [-0.1, -0.05) is 12.5 Å². The second kappa shape index (κ2) is 4.17. The Morgan fingerprint density at radius 1 is 1.53 bits per heavy atom. The van der Waals surface area contributed by atoms with Crippen LogP contribution in [0.2, 0.25) is 0 Å². The van der Waals surface area contributed by atoms with Crippen molar-refractivity contribution in [1.29, 1.82) is 0 Å². The fourth-order valence-electron chi connectivity index (χ4n) is 2.73. The standard InChI is InChI=1S/C12H16O3/c1-2-15-12(14)11-9-5-3-4-8(9)6-7-10(11)13/h6-9,11H,2-5H2,1H3. The first-order valence-electron chi connectivity index (χ1n) is 5.62. The van der Waals surface area contributed by atoms with E-state index in [1.54, 1.807) is 13.0 Å². The lowest BCUT2D eigenvalue weighted by molar-refractivity contribution is -0.153. The van der Waals surface area contributed by atoms with Crippen LogP contribution in [0, 0.1) is 17.8 Å². The highest BCUT2D eigenvalue weighted by atomic mass is 16.5. The zero-order chi connectivity index (χ0) is 10.8. The molecule has 0 aromatic rings. The van der Waals surface area contributed by atoms with Crippen LogP contribution in [0.5, 0.6) is 0 Å². The first-order chi connectivity index (χ1) is 7.24. The van der Waals surface area contributed by atoms with E-state index in [0.717, 1.165) is 19.3 Å². The van der Waals surface area contributed by atoms with Crippen molar-refractivity contribution in [2.45, 2.75) is 26.2 Å². The molecule has 3 unspecified atom stereocenters. The van der Waals surface area contributed by atoms with E-state index in [-0.39, 0.29) is 17.7 Å². The molecule has 0 aliphatic heterocycles. The third kappa shape index (κ3) is 1.83. The number of rotatable bonds is 2. The number of carbonyl (C=O) groups is 2. The number of allylic oxidation sites excluding steroid dienone is 2. The quantitative estimate of drug-likeness (QED) is 0.512. The van der Waals surface area contributed by atoms with Gasteiger partial charge in [0.2, 0.25) is 0 Å². The van der Waals surface area contributed by atoms with E-state index >= 15 is 0 Å². The number of hydrogen-bond donors (Lipinski definition) is 0. The third-order valence-electron chi connectivity index (χ3n) is 3.41. The lowest BCUT2D eigenvalue weighted by Crippen LogP contribution is -2.36. The monoisotopic (exact) mass is 208 g/mol. The lowest BCUT2D eigenvalue weighted by atomic mass is 9.77. The maximum absolute atomic E-state index is 11.7. The average molecular weight is 208 g/mol. The molecule has 82 valence electrons. The molecule has 15 heavy (non-hydrogen) atoms. The van der Waals surface area contributed by atoms with Crippen molar-refractivity contribution in [3.8, 4) is 0 Å². The van der Waals surface area contributed by atoms with Gasteiger partial charge in [0.15, 0.2) is 5.78 Å². The number of ketones is 1. The van der Waals surface area contributed by atoms with Gasteiger partial charge in [-0.25, -0.2) is 0 Å². The van der Waals surface area contributed by atoms with Gasteiger partial charge in [0.05, 0.1) is 6.61 Å². The number of esters is 1. The summed E-state index contributed by atoms with van der Waals surface area (Å²) in [6.07, 6.45) is 6.72. The molecule has 2 rings (SSSR count). The Balaban J connectivity index is 2.17. The Bertz CT molecular complexity index is 306. The largest absolute Gasteiger partial charge is 0.465 e. The lowest BCUT2D eigenvalue weighted by Gasteiger charge is -2.26. The Morgan fingerprint density at radius 3 is 3.07 bits per heavy atom. The van der Waals surface area contributed by atoms with Gasteiger partial charge in [0.1, 0.15) is 5.92 Å². The van der Waals surface area contributed by atoms with Crippen molar-refractivity contribution in [2.75, 3.05) is 6.61 Å². The average Bonchev–Trinajstić information content (AvgIpc) is 2.65. The second-order valence-electron chi connectivity index (χ2n) is 4.25. The Kier molecular flexibility index (Phi) is 2.89. The van der Waals surface area contributed by atoms with Crippen molar-refractivity contribution >= 4 is 11.8 Å². The SMILES string of the molecule is CCOC(=O)C1C(=O)C=CC2CCCC21. The summed E-state index contributed by atoms with van der Waals surface area (Å²) in [6, 6.07) is 0. The second-order valence-corrected chi connectivity index (χ2v) is 4.25. The maximum Gasteiger partial charge on any atom is 0.317 e. The minimum Gasteiger partial charge on any atom is -0.465 e. The molecule has 3 heteroatoms. The van der Waals surface area contributed by atoms with Crippen LogP contribution in [0.1, 0.15) is 26.2 Å². The van der Waals surface area contributed by atoms with E-state index in [1.807, 2.05) is 6.08 Å². The summed E-state index contributed by atoms with van der Waals surface area (Å²) >= 11 is 0. The van der Waals surface area contributed by atoms with Crippen molar-refractivity contribution in [3.63, 3.8) is 0 Å². The van der Waals surface area contributed by atoms with Crippen molar-refractivity contribution in [2.24, 2.45) is 17.8 Å². The molecule has 2 aliphatic carbocycles. The van der Waals surface area contributed by atoms with Crippen LogP contribution in [-0.4, -0.2) is 18.4 Å². The topological polar surface area (TPSA) is 43.4 Å². The van der Waals surface area contributed by atoms with Gasteiger partial charge in [-0.15, -0.1) is 0 Å². The van der Waals surface area contributed by atoms with Crippen LogP contribution in [-0.2, 0) is 14.3 Å². The number of ether oxygens (including phenoxy) is 1. The van der Waals surface area contributed by atoms with Crippen LogP contribution < -0.4 is 0 Å². The molecule has 3 nitrogen and oxygen atoms in total. The molecule has 3 atom stereocenters. The summed E-state index contributed by atoms with van der Waals surface area (Å²) in [7, 11) is 0. The highest BCUT2D eigenvalue weighted by molar-refractivity contribution is 6.06. The summed E-state index contributed by atoms with van der Waals surface area (Å²) in [5.74, 6) is -0.318. The molecule has 0 spiro atoms. The van der Waals surface area contributed by atoms with Crippen LogP contribution in [0.3, 0.4) is 0 Å². The van der Waals surface area contributed by atoms with Gasteiger partial charge in [-0.3, -0.25) is 9.59 Å². The zero-order valence-electron chi connectivity index (χ0n) is 8.94. The molecular formula is C12H16O3. The minimum atomic E-state index is -0.526. The van der Waals surface area contributed by atoms with Gasteiger partial charge in [0, 0.05) is 0 Å². The predicted octanol–water partition coefficient (Wildman–Crippen LogP) is 1.72. The minimum absolute atomic E-state index is 0.0726. The van der Waals surface area contributed by atoms with Gasteiger partial charge in [-0.2, -0.15) is 0 Å². The summed E-state index contributed by atoms with van der Waals surface area (Å²) < 4.78 is 4.97. The Labute approximate surface area is 89.5 Å². The van der Waals surface area contributed by atoms with E-state index < -0.39 is 5.92 Å². The molecule has 0 aromatic heterocycles. The van der Waals surface area contributed by atoms with E-state index in [1.165, 1.54) is 0 Å². The molecule has 1 saturated carbocycles. The van der Waals surface area contributed by atoms with Crippen molar-refractivity contribution in [3.05, 3.63) is 12.2 Å². The van der Waals surface area contributed by atoms with Gasteiger partial charge in [0.25, 0.3) is 0 Å². The normalized spacial score (nSPS) is 33.9. The summed E-state index contributed by atoms with van der Waals surface area (Å²) in [4.78, 5) is 23.3. The Morgan fingerprint density at radius 2 is 2.33 bits per heavy atom. The number of hydrogen-bond acceptors (Lipinski definition) is 3. The number of fused-ring (bicyclic) bond motifs is 1. The molecule has 1 fully saturated rings.